The second-order valence-electron chi connectivity index (χ2n) is 6.26. The number of carbonyl (C=O) groups excluding carboxylic acids is 2. The van der Waals surface area contributed by atoms with E-state index in [1.54, 1.807) is 22.9 Å². The number of ether oxygens (including phenoxy) is 1. The zero-order valence-electron chi connectivity index (χ0n) is 14.5. The number of nitrogens with zero attached hydrogens (tertiary/aromatic N) is 3. The molecule has 1 aromatic heterocycles. The van der Waals surface area contributed by atoms with Crippen LogP contribution in [-0.2, 0) is 25.9 Å². The van der Waals surface area contributed by atoms with E-state index >= 15 is 0 Å². The molecule has 0 aliphatic carbocycles. The van der Waals surface area contributed by atoms with Crippen LogP contribution in [0.4, 0.5) is 0 Å². The summed E-state index contributed by atoms with van der Waals surface area (Å²) in [7, 11) is -3.09. The van der Waals surface area contributed by atoms with E-state index in [1.165, 1.54) is 6.92 Å². The zero-order chi connectivity index (χ0) is 18.9. The molecule has 140 valence electrons. The Hall–Kier alpha value is -2.49. The van der Waals surface area contributed by atoms with Gasteiger partial charge in [0.1, 0.15) is 5.52 Å². The molecule has 2 atom stereocenters. The highest BCUT2D eigenvalue weighted by molar-refractivity contribution is 7.91. The number of amides is 1. The average Bonchev–Trinajstić information content (AvgIpc) is 3.16. The second-order valence-corrected chi connectivity index (χ2v) is 8.49. The van der Waals surface area contributed by atoms with E-state index in [2.05, 4.69) is 15.6 Å². The molecule has 1 aliphatic rings. The molecule has 1 fully saturated rings. The maximum absolute atomic E-state index is 12.3. The third-order valence-electron chi connectivity index (χ3n) is 4.28. The van der Waals surface area contributed by atoms with Gasteiger partial charge in [-0.3, -0.25) is 4.79 Å². The van der Waals surface area contributed by atoms with Crippen LogP contribution in [0.1, 0.15) is 30.6 Å². The van der Waals surface area contributed by atoms with Gasteiger partial charge in [0.25, 0.3) is 5.91 Å². The Bertz CT molecular complexity index is 953. The highest BCUT2D eigenvalue weighted by Gasteiger charge is 2.30. The minimum atomic E-state index is -3.09. The number of carbonyl (C=O) groups is 2. The van der Waals surface area contributed by atoms with Gasteiger partial charge < -0.3 is 10.1 Å². The van der Waals surface area contributed by atoms with Crippen LogP contribution in [0.25, 0.3) is 11.0 Å². The summed E-state index contributed by atoms with van der Waals surface area (Å²) in [6, 6.07) is 4.44. The third-order valence-corrected chi connectivity index (χ3v) is 6.05. The first-order valence-electron chi connectivity index (χ1n) is 8.34. The molecule has 1 saturated heterocycles. The molecule has 2 aromatic rings. The van der Waals surface area contributed by atoms with Crippen molar-refractivity contribution in [2.45, 2.75) is 39.0 Å². The SMILES string of the molecule is CCn1nnc2cc(C(=O)O[C@H](C)C(=O)N[C@H]3CCS(=O)(=O)C3)ccc21. The fourth-order valence-electron chi connectivity index (χ4n) is 2.84. The number of esters is 1. The van der Waals surface area contributed by atoms with Crippen molar-refractivity contribution in [2.24, 2.45) is 0 Å². The van der Waals surface area contributed by atoms with E-state index < -0.39 is 33.9 Å². The quantitative estimate of drug-likeness (QED) is 0.741. The van der Waals surface area contributed by atoms with E-state index in [4.69, 9.17) is 4.74 Å². The van der Waals surface area contributed by atoms with Crippen LogP contribution in [0.3, 0.4) is 0 Å². The molecular formula is C16H20N4O5S. The predicted molar refractivity (Wildman–Crippen MR) is 93.3 cm³/mol. The summed E-state index contributed by atoms with van der Waals surface area (Å²) in [4.78, 5) is 24.4. The number of sulfone groups is 1. The Morgan fingerprint density at radius 3 is 2.85 bits per heavy atom. The van der Waals surface area contributed by atoms with Gasteiger partial charge in [0.2, 0.25) is 0 Å². The second kappa shape index (κ2) is 7.02. The van der Waals surface area contributed by atoms with Crippen molar-refractivity contribution in [1.29, 1.82) is 0 Å². The Kier molecular flexibility index (Phi) is 4.94. The Morgan fingerprint density at radius 2 is 2.19 bits per heavy atom. The number of benzene rings is 1. The van der Waals surface area contributed by atoms with E-state index in [1.807, 2.05) is 6.92 Å². The Balaban J connectivity index is 1.62. The van der Waals surface area contributed by atoms with Crippen molar-refractivity contribution in [1.82, 2.24) is 20.3 Å². The number of aromatic nitrogens is 3. The van der Waals surface area contributed by atoms with Crippen LogP contribution in [0.15, 0.2) is 18.2 Å². The maximum atomic E-state index is 12.3. The van der Waals surface area contributed by atoms with E-state index in [-0.39, 0.29) is 17.1 Å². The molecule has 10 heteroatoms. The van der Waals surface area contributed by atoms with Crippen LogP contribution < -0.4 is 5.32 Å². The van der Waals surface area contributed by atoms with Crippen molar-refractivity contribution < 1.29 is 22.7 Å². The summed E-state index contributed by atoms with van der Waals surface area (Å²) in [6.45, 7) is 4.04. The lowest BCUT2D eigenvalue weighted by Gasteiger charge is -2.16. The summed E-state index contributed by atoms with van der Waals surface area (Å²) in [5.41, 5.74) is 1.63. The van der Waals surface area contributed by atoms with Crippen molar-refractivity contribution in [2.75, 3.05) is 11.5 Å². The lowest BCUT2D eigenvalue weighted by atomic mass is 10.2. The number of hydrogen-bond acceptors (Lipinski definition) is 7. The lowest BCUT2D eigenvalue weighted by Crippen LogP contribution is -2.42. The predicted octanol–water partition coefficient (Wildman–Crippen LogP) is 0.300. The first-order valence-corrected chi connectivity index (χ1v) is 10.2. The number of hydrogen-bond donors (Lipinski definition) is 1. The Morgan fingerprint density at radius 1 is 1.42 bits per heavy atom. The molecule has 1 N–H and O–H groups in total. The molecule has 0 radical (unpaired) electrons. The Labute approximate surface area is 150 Å². The molecule has 0 unspecified atom stereocenters. The molecule has 9 nitrogen and oxygen atoms in total. The van der Waals surface area contributed by atoms with Crippen molar-refractivity contribution in [3.63, 3.8) is 0 Å². The minimum Gasteiger partial charge on any atom is -0.449 e. The maximum Gasteiger partial charge on any atom is 0.338 e. The number of nitrogens with one attached hydrogen (secondary N) is 1. The van der Waals surface area contributed by atoms with Gasteiger partial charge in [-0.1, -0.05) is 5.21 Å². The van der Waals surface area contributed by atoms with Crippen LogP contribution in [0.2, 0.25) is 0 Å². The van der Waals surface area contributed by atoms with Gasteiger partial charge in [-0.25, -0.2) is 17.9 Å². The van der Waals surface area contributed by atoms with Crippen molar-refractivity contribution in [3.05, 3.63) is 23.8 Å². The molecule has 1 aromatic carbocycles. The number of fused-ring (bicyclic) bond motifs is 1. The van der Waals surface area contributed by atoms with E-state index in [9.17, 15) is 18.0 Å². The van der Waals surface area contributed by atoms with Gasteiger partial charge in [-0.05, 0) is 38.5 Å². The highest BCUT2D eigenvalue weighted by atomic mass is 32.2. The normalized spacial score (nSPS) is 20.0. The van der Waals surface area contributed by atoms with Crippen LogP contribution in [0.5, 0.6) is 0 Å². The first-order chi connectivity index (χ1) is 12.3. The lowest BCUT2D eigenvalue weighted by molar-refractivity contribution is -0.129. The van der Waals surface area contributed by atoms with Gasteiger partial charge >= 0.3 is 5.97 Å². The monoisotopic (exact) mass is 380 g/mol. The fourth-order valence-corrected chi connectivity index (χ4v) is 4.52. The van der Waals surface area contributed by atoms with Gasteiger partial charge in [-0.2, -0.15) is 0 Å². The van der Waals surface area contributed by atoms with Gasteiger partial charge in [0.05, 0.1) is 22.6 Å². The van der Waals surface area contributed by atoms with Crippen LogP contribution in [-0.4, -0.2) is 58.9 Å². The van der Waals surface area contributed by atoms with Crippen molar-refractivity contribution in [3.8, 4) is 0 Å². The van der Waals surface area contributed by atoms with Crippen LogP contribution >= 0.6 is 0 Å². The van der Waals surface area contributed by atoms with Crippen LogP contribution in [0, 0.1) is 0 Å². The zero-order valence-corrected chi connectivity index (χ0v) is 15.3. The molecule has 0 saturated carbocycles. The summed E-state index contributed by atoms with van der Waals surface area (Å²) in [5.74, 6) is -1.19. The average molecular weight is 380 g/mol. The molecule has 26 heavy (non-hydrogen) atoms. The topological polar surface area (TPSA) is 120 Å². The summed E-state index contributed by atoms with van der Waals surface area (Å²) in [6.07, 6.45) is -0.661. The number of rotatable bonds is 5. The number of aryl methyl sites for hydroxylation is 1. The molecule has 2 heterocycles. The van der Waals surface area contributed by atoms with E-state index in [0.29, 0.717) is 18.5 Å². The largest absolute Gasteiger partial charge is 0.449 e. The molecule has 1 aliphatic heterocycles. The van der Waals surface area contributed by atoms with Gasteiger partial charge in [0.15, 0.2) is 15.9 Å². The van der Waals surface area contributed by atoms with E-state index in [0.717, 1.165) is 5.52 Å². The highest BCUT2D eigenvalue weighted by Crippen LogP contribution is 2.15. The standard InChI is InChI=1S/C16H20N4O5S/c1-3-20-14-5-4-11(8-13(14)18-19-20)16(22)25-10(2)15(21)17-12-6-7-26(23,24)9-12/h4-5,8,10,12H,3,6-7,9H2,1-2H3,(H,17,21)/t10-,12+/m1/s1. The van der Waals surface area contributed by atoms with Gasteiger partial charge in [0, 0.05) is 12.6 Å². The molecular weight excluding hydrogens is 360 g/mol. The summed E-state index contributed by atoms with van der Waals surface area (Å²) < 4.78 is 29.8. The molecule has 0 spiro atoms. The minimum absolute atomic E-state index is 0.0601. The third kappa shape index (κ3) is 3.85. The summed E-state index contributed by atoms with van der Waals surface area (Å²) >= 11 is 0. The van der Waals surface area contributed by atoms with Gasteiger partial charge in [-0.15, -0.1) is 5.10 Å². The van der Waals surface area contributed by atoms with Crippen molar-refractivity contribution >= 4 is 32.7 Å². The molecule has 1 amide bonds. The summed E-state index contributed by atoms with van der Waals surface area (Å²) in [5, 5.41) is 10.6. The smallest absolute Gasteiger partial charge is 0.338 e. The first kappa shape index (κ1) is 18.3. The molecule has 0 bridgehead atoms. The fraction of sp³-hybridized carbons (Fsp3) is 0.500. The molecule has 3 rings (SSSR count).